The molecule has 1 aromatic heterocycles. The Labute approximate surface area is 144 Å². The van der Waals surface area contributed by atoms with Gasteiger partial charge in [0.25, 0.3) is 0 Å². The van der Waals surface area contributed by atoms with Crippen LogP contribution in [0.2, 0.25) is 0 Å². The largest absolute Gasteiger partial charge is 0.361 e. The monoisotopic (exact) mass is 334 g/mol. The number of hydrogen-bond acceptors (Lipinski definition) is 3. The Hall–Kier alpha value is -2.95. The minimum atomic E-state index is -0.861. The fraction of sp³-hybridized carbons (Fsp3) is 0.250. The maximum atomic E-state index is 12.1. The van der Waals surface area contributed by atoms with Crippen molar-refractivity contribution in [3.05, 3.63) is 81.5 Å². The molecule has 1 N–H and O–H groups in total. The topological polar surface area (TPSA) is 76.0 Å². The molecule has 25 heavy (non-hydrogen) atoms. The number of nitrogens with one attached hydrogen (secondary N) is 1. The number of nitrogens with zero attached hydrogens (tertiary/aromatic N) is 1. The van der Waals surface area contributed by atoms with Gasteiger partial charge in [0.1, 0.15) is 5.78 Å². The predicted molar refractivity (Wildman–Crippen MR) is 95.4 cm³/mol. The van der Waals surface area contributed by atoms with Crippen LogP contribution in [0.15, 0.2) is 54.7 Å². The summed E-state index contributed by atoms with van der Waals surface area (Å²) in [6.45, 7) is 1.50. The summed E-state index contributed by atoms with van der Waals surface area (Å²) in [5, 5.41) is 13.1. The smallest absolute Gasteiger partial charge is 0.231 e. The van der Waals surface area contributed by atoms with Crippen LogP contribution < -0.4 is 0 Å². The number of aromatic amines is 1. The summed E-state index contributed by atoms with van der Waals surface area (Å²) in [5.41, 5.74) is 3.72. The van der Waals surface area contributed by atoms with Crippen molar-refractivity contribution in [1.82, 2.24) is 4.98 Å². The van der Waals surface area contributed by atoms with Gasteiger partial charge in [-0.05, 0) is 29.7 Å². The summed E-state index contributed by atoms with van der Waals surface area (Å²) < 4.78 is 0. The average molecular weight is 334 g/mol. The molecule has 3 atom stereocenters. The van der Waals surface area contributed by atoms with Crippen molar-refractivity contribution in [3.63, 3.8) is 0 Å². The number of Topliss-reactive ketones (excluding diaryl/α,β-unsaturated/α-hetero) is 1. The predicted octanol–water partition coefficient (Wildman–Crippen LogP) is 4.02. The average Bonchev–Trinajstić information content (AvgIpc) is 3.02. The normalized spacial score (nSPS) is 22.0. The van der Waals surface area contributed by atoms with Gasteiger partial charge in [-0.1, -0.05) is 42.5 Å². The van der Waals surface area contributed by atoms with E-state index >= 15 is 0 Å². The number of benzene rings is 2. The Morgan fingerprint density at radius 2 is 1.88 bits per heavy atom. The summed E-state index contributed by atoms with van der Waals surface area (Å²) in [6.07, 6.45) is 2.06. The zero-order valence-corrected chi connectivity index (χ0v) is 13.8. The van der Waals surface area contributed by atoms with E-state index in [0.717, 1.165) is 27.6 Å². The quantitative estimate of drug-likeness (QED) is 0.578. The molecule has 126 valence electrons. The summed E-state index contributed by atoms with van der Waals surface area (Å²) in [6, 6.07) is 14.5. The van der Waals surface area contributed by atoms with Crippen LogP contribution in [0.5, 0.6) is 0 Å². The number of carbonyl (C=O) groups excluding carboxylic acids is 1. The van der Waals surface area contributed by atoms with Crippen LogP contribution in [-0.2, 0) is 4.79 Å². The zero-order valence-electron chi connectivity index (χ0n) is 13.8. The van der Waals surface area contributed by atoms with Crippen LogP contribution in [-0.4, -0.2) is 21.7 Å². The number of carbonyl (C=O) groups is 1. The van der Waals surface area contributed by atoms with Crippen molar-refractivity contribution in [2.75, 3.05) is 0 Å². The molecule has 0 saturated carbocycles. The van der Waals surface area contributed by atoms with Crippen LogP contribution in [0.1, 0.15) is 41.9 Å². The third-order valence-electron chi connectivity index (χ3n) is 5.17. The van der Waals surface area contributed by atoms with E-state index in [1.807, 2.05) is 54.7 Å². The first kappa shape index (κ1) is 15.6. The van der Waals surface area contributed by atoms with E-state index in [1.54, 1.807) is 0 Å². The minimum Gasteiger partial charge on any atom is -0.361 e. The second kappa shape index (κ2) is 5.84. The Balaban J connectivity index is 2.01. The number of nitro groups is 1. The first-order valence-corrected chi connectivity index (χ1v) is 8.35. The molecule has 1 heterocycles. The molecule has 3 aromatic rings. The molecule has 0 spiro atoms. The highest BCUT2D eigenvalue weighted by Gasteiger charge is 2.47. The lowest BCUT2D eigenvalue weighted by molar-refractivity contribution is -0.529. The van der Waals surface area contributed by atoms with Gasteiger partial charge < -0.3 is 9.78 Å². The Bertz CT molecular complexity index is 961. The lowest BCUT2D eigenvalue weighted by Crippen LogP contribution is -2.38. The van der Waals surface area contributed by atoms with Gasteiger partial charge in [-0.2, -0.15) is 0 Å². The first-order chi connectivity index (χ1) is 12.1. The van der Waals surface area contributed by atoms with E-state index in [-0.39, 0.29) is 23.0 Å². The van der Waals surface area contributed by atoms with Gasteiger partial charge in [0.05, 0.1) is 11.8 Å². The van der Waals surface area contributed by atoms with Gasteiger partial charge >= 0.3 is 0 Å². The van der Waals surface area contributed by atoms with Crippen LogP contribution in [0.4, 0.5) is 0 Å². The maximum Gasteiger partial charge on any atom is 0.231 e. The van der Waals surface area contributed by atoms with Gasteiger partial charge in [0, 0.05) is 28.4 Å². The van der Waals surface area contributed by atoms with E-state index in [1.165, 1.54) is 6.92 Å². The first-order valence-electron chi connectivity index (χ1n) is 8.35. The molecule has 1 aliphatic rings. The molecule has 0 bridgehead atoms. The molecule has 0 unspecified atom stereocenters. The lowest BCUT2D eigenvalue weighted by atomic mass is 9.70. The Morgan fingerprint density at radius 1 is 1.12 bits per heavy atom. The summed E-state index contributed by atoms with van der Waals surface area (Å²) >= 11 is 0. The fourth-order valence-corrected chi connectivity index (χ4v) is 4.24. The van der Waals surface area contributed by atoms with Crippen molar-refractivity contribution < 1.29 is 9.72 Å². The van der Waals surface area contributed by atoms with Crippen LogP contribution in [0.3, 0.4) is 0 Å². The third-order valence-corrected chi connectivity index (χ3v) is 5.17. The van der Waals surface area contributed by atoms with E-state index in [0.29, 0.717) is 0 Å². The van der Waals surface area contributed by atoms with E-state index in [9.17, 15) is 14.9 Å². The molecule has 0 fully saturated rings. The number of rotatable bonds is 4. The molecule has 2 aromatic carbocycles. The number of hydrogen-bond donors (Lipinski definition) is 1. The van der Waals surface area contributed by atoms with E-state index in [2.05, 4.69) is 4.98 Å². The second-order valence-electron chi connectivity index (χ2n) is 6.69. The highest BCUT2D eigenvalue weighted by atomic mass is 16.6. The van der Waals surface area contributed by atoms with Crippen molar-refractivity contribution in [3.8, 4) is 0 Å². The van der Waals surface area contributed by atoms with Gasteiger partial charge in [-0.15, -0.1) is 0 Å². The molecule has 5 heteroatoms. The summed E-state index contributed by atoms with van der Waals surface area (Å²) in [7, 11) is 0. The highest BCUT2D eigenvalue weighted by Crippen LogP contribution is 2.48. The fourth-order valence-electron chi connectivity index (χ4n) is 4.24. The number of ketones is 1. The Kier molecular flexibility index (Phi) is 3.64. The van der Waals surface area contributed by atoms with Crippen LogP contribution >= 0.6 is 0 Å². The summed E-state index contributed by atoms with van der Waals surface area (Å²) in [4.78, 5) is 27.0. The van der Waals surface area contributed by atoms with Crippen molar-refractivity contribution in [2.45, 2.75) is 31.2 Å². The van der Waals surface area contributed by atoms with E-state index in [4.69, 9.17) is 0 Å². The Morgan fingerprint density at radius 3 is 2.56 bits per heavy atom. The van der Waals surface area contributed by atoms with Gasteiger partial charge in [0.15, 0.2) is 0 Å². The molecule has 0 saturated heterocycles. The molecular formula is C20H18N2O3. The maximum absolute atomic E-state index is 12.1. The molecule has 4 rings (SSSR count). The lowest BCUT2D eigenvalue weighted by Gasteiger charge is -2.32. The second-order valence-corrected chi connectivity index (χ2v) is 6.69. The van der Waals surface area contributed by atoms with Crippen molar-refractivity contribution in [2.24, 2.45) is 0 Å². The highest BCUT2D eigenvalue weighted by molar-refractivity contribution is 5.90. The molecule has 5 nitrogen and oxygen atoms in total. The third kappa shape index (κ3) is 2.43. The van der Waals surface area contributed by atoms with Crippen LogP contribution in [0, 0.1) is 10.1 Å². The molecule has 0 radical (unpaired) electrons. The minimum absolute atomic E-state index is 0.0281. The van der Waals surface area contributed by atoms with Gasteiger partial charge in [0.2, 0.25) is 6.04 Å². The number of aromatic nitrogens is 1. The number of H-pyrrole nitrogens is 1. The van der Waals surface area contributed by atoms with Crippen molar-refractivity contribution >= 4 is 16.7 Å². The van der Waals surface area contributed by atoms with Gasteiger partial charge in [-0.25, -0.2) is 0 Å². The molecular weight excluding hydrogens is 316 g/mol. The standard InChI is InChI=1S/C20H18N2O3/c1-12(23)10-15-14-8-5-9-17-19(14)16(11-21-17)18(20(15)22(24)25)13-6-3-2-4-7-13/h2-9,11,15,18,20-21H,10H2,1H3/t15-,18+,20+/m0/s1. The van der Waals surface area contributed by atoms with E-state index < -0.39 is 12.0 Å². The van der Waals surface area contributed by atoms with Gasteiger partial charge in [-0.3, -0.25) is 10.1 Å². The summed E-state index contributed by atoms with van der Waals surface area (Å²) in [5.74, 6) is -0.825. The molecule has 0 aliphatic heterocycles. The van der Waals surface area contributed by atoms with Crippen LogP contribution in [0.25, 0.3) is 10.9 Å². The SMILES string of the molecule is CC(=O)C[C@H]1c2cccc3[nH]cc(c23)[C@@H](c2ccccc2)[C@@H]1[N+](=O)[O-]. The van der Waals surface area contributed by atoms with Crippen molar-refractivity contribution in [1.29, 1.82) is 0 Å². The molecule has 0 amide bonds. The molecule has 1 aliphatic carbocycles. The zero-order chi connectivity index (χ0) is 17.6.